The average molecular weight is 431 g/mol. The highest BCUT2D eigenvalue weighted by Crippen LogP contribution is 2.27. The molecule has 4 rings (SSSR count). The quantitative estimate of drug-likeness (QED) is 0.320. The summed E-state index contributed by atoms with van der Waals surface area (Å²) < 4.78 is 11.1. The molecule has 0 fully saturated rings. The van der Waals surface area contributed by atoms with Crippen molar-refractivity contribution in [3.63, 3.8) is 0 Å². The maximum atomic E-state index is 6.28. The number of aromatic nitrogens is 1. The minimum atomic E-state index is 0.444. The van der Waals surface area contributed by atoms with Crippen molar-refractivity contribution in [1.29, 1.82) is 0 Å². The molecular formula is C26H23ClN2O2. The van der Waals surface area contributed by atoms with Gasteiger partial charge in [-0.15, -0.1) is 0 Å². The van der Waals surface area contributed by atoms with Crippen molar-refractivity contribution in [2.75, 3.05) is 12.4 Å². The minimum Gasteiger partial charge on any atom is -0.497 e. The SMILES string of the molecule is COc1ccc(CNc2cc(-c3ccc(OCc4ccccc4)cc3)cc(Cl)n2)cc1. The van der Waals surface area contributed by atoms with Crippen LogP contribution in [0.25, 0.3) is 11.1 Å². The molecule has 1 N–H and O–H groups in total. The van der Waals surface area contributed by atoms with Crippen molar-refractivity contribution in [3.05, 3.63) is 107 Å². The molecule has 0 atom stereocenters. The lowest BCUT2D eigenvalue weighted by Crippen LogP contribution is -2.02. The monoisotopic (exact) mass is 430 g/mol. The van der Waals surface area contributed by atoms with Crippen molar-refractivity contribution >= 4 is 17.4 Å². The zero-order valence-corrected chi connectivity index (χ0v) is 18.0. The number of pyridine rings is 1. The number of nitrogens with zero attached hydrogens (tertiary/aromatic N) is 1. The van der Waals surface area contributed by atoms with Crippen molar-refractivity contribution in [2.24, 2.45) is 0 Å². The molecule has 4 aromatic rings. The predicted octanol–water partition coefficient (Wildman–Crippen LogP) is 6.60. The van der Waals surface area contributed by atoms with E-state index < -0.39 is 0 Å². The van der Waals surface area contributed by atoms with Gasteiger partial charge >= 0.3 is 0 Å². The Morgan fingerprint density at radius 1 is 0.774 bits per heavy atom. The zero-order chi connectivity index (χ0) is 21.5. The molecule has 0 radical (unpaired) electrons. The third-order valence-corrected chi connectivity index (χ3v) is 5.06. The van der Waals surface area contributed by atoms with Gasteiger partial charge in [0.2, 0.25) is 0 Å². The number of hydrogen-bond acceptors (Lipinski definition) is 4. The first-order chi connectivity index (χ1) is 15.2. The van der Waals surface area contributed by atoms with Gasteiger partial charge in [0.05, 0.1) is 7.11 Å². The average Bonchev–Trinajstić information content (AvgIpc) is 2.82. The Balaban J connectivity index is 1.42. The molecule has 0 unspecified atom stereocenters. The van der Waals surface area contributed by atoms with E-state index in [0.29, 0.717) is 18.3 Å². The van der Waals surface area contributed by atoms with Crippen LogP contribution in [-0.4, -0.2) is 12.1 Å². The van der Waals surface area contributed by atoms with Crippen LogP contribution < -0.4 is 14.8 Å². The Morgan fingerprint density at radius 3 is 2.19 bits per heavy atom. The fourth-order valence-corrected chi connectivity index (χ4v) is 3.38. The Bertz CT molecular complexity index is 1110. The number of hydrogen-bond donors (Lipinski definition) is 1. The summed E-state index contributed by atoms with van der Waals surface area (Å²) in [5.41, 5.74) is 4.31. The topological polar surface area (TPSA) is 43.4 Å². The van der Waals surface area contributed by atoms with Gasteiger partial charge in [-0.2, -0.15) is 0 Å². The maximum absolute atomic E-state index is 6.28. The summed E-state index contributed by atoms with van der Waals surface area (Å²) in [5.74, 6) is 2.39. The van der Waals surface area contributed by atoms with Crippen LogP contribution in [0.5, 0.6) is 11.5 Å². The second-order valence-corrected chi connectivity index (χ2v) is 7.45. The molecule has 156 valence electrons. The summed E-state index contributed by atoms with van der Waals surface area (Å²) in [6, 6.07) is 29.9. The van der Waals surface area contributed by atoms with Crippen molar-refractivity contribution in [3.8, 4) is 22.6 Å². The van der Waals surface area contributed by atoms with Gasteiger partial charge in [-0.3, -0.25) is 0 Å². The lowest BCUT2D eigenvalue weighted by atomic mass is 10.1. The molecule has 1 aromatic heterocycles. The van der Waals surface area contributed by atoms with Gasteiger partial charge in [0.25, 0.3) is 0 Å². The molecule has 3 aromatic carbocycles. The lowest BCUT2D eigenvalue weighted by Gasteiger charge is -2.11. The van der Waals surface area contributed by atoms with Crippen LogP contribution in [0, 0.1) is 0 Å². The lowest BCUT2D eigenvalue weighted by molar-refractivity contribution is 0.306. The molecule has 31 heavy (non-hydrogen) atoms. The first-order valence-corrected chi connectivity index (χ1v) is 10.4. The summed E-state index contributed by atoms with van der Waals surface area (Å²) in [4.78, 5) is 4.39. The van der Waals surface area contributed by atoms with E-state index in [9.17, 15) is 0 Å². The number of rotatable bonds is 8. The summed E-state index contributed by atoms with van der Waals surface area (Å²) in [6.07, 6.45) is 0. The van der Waals surface area contributed by atoms with Crippen LogP contribution >= 0.6 is 11.6 Å². The number of halogens is 1. The van der Waals surface area contributed by atoms with Crippen molar-refractivity contribution in [1.82, 2.24) is 4.98 Å². The first-order valence-electron chi connectivity index (χ1n) is 10.0. The van der Waals surface area contributed by atoms with E-state index in [1.807, 2.05) is 91.0 Å². The van der Waals surface area contributed by atoms with Gasteiger partial charge in [-0.1, -0.05) is 66.2 Å². The van der Waals surface area contributed by atoms with Gasteiger partial charge in [0.15, 0.2) is 0 Å². The summed E-state index contributed by atoms with van der Waals surface area (Å²) in [5, 5.41) is 3.78. The van der Waals surface area contributed by atoms with Crippen molar-refractivity contribution < 1.29 is 9.47 Å². The Kier molecular flexibility index (Phi) is 6.70. The van der Waals surface area contributed by atoms with Crippen molar-refractivity contribution in [2.45, 2.75) is 13.2 Å². The molecule has 0 aliphatic rings. The highest BCUT2D eigenvalue weighted by atomic mass is 35.5. The van der Waals surface area contributed by atoms with E-state index in [2.05, 4.69) is 10.3 Å². The normalized spacial score (nSPS) is 10.5. The number of benzene rings is 3. The highest BCUT2D eigenvalue weighted by molar-refractivity contribution is 6.29. The Labute approximate surface area is 187 Å². The van der Waals surface area contributed by atoms with Crippen LogP contribution in [0.2, 0.25) is 5.15 Å². The predicted molar refractivity (Wildman–Crippen MR) is 126 cm³/mol. The number of nitrogens with one attached hydrogen (secondary N) is 1. The van der Waals surface area contributed by atoms with Gasteiger partial charge in [0.1, 0.15) is 29.1 Å². The van der Waals surface area contributed by atoms with Crippen LogP contribution in [0.1, 0.15) is 11.1 Å². The van der Waals surface area contributed by atoms with Crippen LogP contribution in [0.3, 0.4) is 0 Å². The van der Waals surface area contributed by atoms with E-state index in [1.165, 1.54) is 0 Å². The Hall–Kier alpha value is -3.50. The standard InChI is InChI=1S/C26H23ClN2O2/c1-30-23-11-7-19(8-12-23)17-28-26-16-22(15-25(27)29-26)21-9-13-24(14-10-21)31-18-20-5-3-2-4-6-20/h2-16H,17-18H2,1H3,(H,28,29). The molecule has 0 saturated carbocycles. The molecule has 0 aliphatic heterocycles. The third-order valence-electron chi connectivity index (χ3n) is 4.86. The van der Waals surface area contributed by atoms with E-state index in [1.54, 1.807) is 7.11 Å². The van der Waals surface area contributed by atoms with Crippen LogP contribution in [0.4, 0.5) is 5.82 Å². The van der Waals surface area contributed by atoms with Gasteiger partial charge < -0.3 is 14.8 Å². The smallest absolute Gasteiger partial charge is 0.132 e. The van der Waals surface area contributed by atoms with E-state index in [0.717, 1.165) is 39.6 Å². The molecule has 4 nitrogen and oxygen atoms in total. The van der Waals surface area contributed by atoms with Gasteiger partial charge in [-0.25, -0.2) is 4.98 Å². The minimum absolute atomic E-state index is 0.444. The molecule has 0 saturated heterocycles. The van der Waals surface area contributed by atoms with E-state index >= 15 is 0 Å². The molecule has 0 bridgehead atoms. The third kappa shape index (κ3) is 5.77. The number of anilines is 1. The van der Waals surface area contributed by atoms with E-state index in [-0.39, 0.29) is 0 Å². The fraction of sp³-hybridized carbons (Fsp3) is 0.115. The molecule has 0 spiro atoms. The highest BCUT2D eigenvalue weighted by Gasteiger charge is 2.05. The fourth-order valence-electron chi connectivity index (χ4n) is 3.17. The molecular weight excluding hydrogens is 408 g/mol. The number of methoxy groups -OCH3 is 1. The summed E-state index contributed by atoms with van der Waals surface area (Å²) in [6.45, 7) is 1.18. The first kappa shape index (κ1) is 20.8. The van der Waals surface area contributed by atoms with Gasteiger partial charge in [-0.05, 0) is 58.7 Å². The largest absolute Gasteiger partial charge is 0.497 e. The molecule has 5 heteroatoms. The number of ether oxygens (including phenoxy) is 2. The van der Waals surface area contributed by atoms with Crippen LogP contribution in [-0.2, 0) is 13.2 Å². The summed E-state index contributed by atoms with van der Waals surface area (Å²) in [7, 11) is 1.66. The molecule has 0 aliphatic carbocycles. The summed E-state index contributed by atoms with van der Waals surface area (Å²) >= 11 is 6.28. The molecule has 1 heterocycles. The van der Waals surface area contributed by atoms with E-state index in [4.69, 9.17) is 21.1 Å². The maximum Gasteiger partial charge on any atom is 0.132 e. The van der Waals surface area contributed by atoms with Crippen LogP contribution in [0.15, 0.2) is 91.0 Å². The molecule has 0 amide bonds. The zero-order valence-electron chi connectivity index (χ0n) is 17.2. The second kappa shape index (κ2) is 10.0. The second-order valence-electron chi connectivity index (χ2n) is 7.06. The Morgan fingerprint density at radius 2 is 1.48 bits per heavy atom. The van der Waals surface area contributed by atoms with Gasteiger partial charge in [0, 0.05) is 6.54 Å².